The van der Waals surface area contributed by atoms with Gasteiger partial charge in [-0.15, -0.1) is 0 Å². The summed E-state index contributed by atoms with van der Waals surface area (Å²) in [6, 6.07) is 1.42. The molecule has 3 nitrogen and oxygen atoms in total. The van der Waals surface area contributed by atoms with Crippen LogP contribution in [0.3, 0.4) is 0 Å². The van der Waals surface area contributed by atoms with Gasteiger partial charge in [0, 0.05) is 25.3 Å². The lowest BCUT2D eigenvalue weighted by Gasteiger charge is -2.38. The Hall–Kier alpha value is -0.120. The number of hydrogen-bond donors (Lipinski definition) is 1. The summed E-state index contributed by atoms with van der Waals surface area (Å²) in [5.74, 6) is 0.853. The Morgan fingerprint density at radius 3 is 2.71 bits per heavy atom. The van der Waals surface area contributed by atoms with Gasteiger partial charge < -0.3 is 15.0 Å². The van der Waals surface area contributed by atoms with Crippen molar-refractivity contribution in [3.63, 3.8) is 0 Å². The molecule has 2 unspecified atom stereocenters. The minimum atomic E-state index is 0.680. The minimum Gasteiger partial charge on any atom is -0.381 e. The normalized spacial score (nSPS) is 31.8. The Labute approximate surface area is 106 Å². The van der Waals surface area contributed by atoms with Crippen LogP contribution in [0, 0.1) is 5.92 Å². The van der Waals surface area contributed by atoms with E-state index in [0.717, 1.165) is 25.2 Å². The molecule has 0 radical (unpaired) electrons. The van der Waals surface area contributed by atoms with Crippen LogP contribution in [0.15, 0.2) is 0 Å². The summed E-state index contributed by atoms with van der Waals surface area (Å²) in [6.07, 6.45) is 5.09. The molecule has 3 heteroatoms. The topological polar surface area (TPSA) is 24.5 Å². The van der Waals surface area contributed by atoms with Crippen molar-refractivity contribution in [1.82, 2.24) is 10.2 Å². The molecule has 17 heavy (non-hydrogen) atoms. The summed E-state index contributed by atoms with van der Waals surface area (Å²) in [5.41, 5.74) is 0. The molecule has 0 spiro atoms. The lowest BCUT2D eigenvalue weighted by molar-refractivity contribution is 0.0277. The molecule has 2 fully saturated rings. The third kappa shape index (κ3) is 3.94. The van der Waals surface area contributed by atoms with Gasteiger partial charge in [0.1, 0.15) is 0 Å². The van der Waals surface area contributed by atoms with Crippen LogP contribution >= 0.6 is 0 Å². The fourth-order valence-corrected chi connectivity index (χ4v) is 3.11. The van der Waals surface area contributed by atoms with Crippen LogP contribution in [0.4, 0.5) is 0 Å². The Balaban J connectivity index is 1.85. The molecule has 0 aliphatic carbocycles. The summed E-state index contributed by atoms with van der Waals surface area (Å²) >= 11 is 0. The first-order chi connectivity index (χ1) is 8.27. The molecular formula is C14H28N2O. The lowest BCUT2D eigenvalue weighted by Crippen LogP contribution is -2.45. The highest BCUT2D eigenvalue weighted by Crippen LogP contribution is 2.23. The average Bonchev–Trinajstić information content (AvgIpc) is 2.35. The van der Waals surface area contributed by atoms with E-state index in [0.29, 0.717) is 6.04 Å². The highest BCUT2D eigenvalue weighted by atomic mass is 16.5. The zero-order valence-electron chi connectivity index (χ0n) is 11.5. The third-order valence-corrected chi connectivity index (χ3v) is 4.49. The lowest BCUT2D eigenvalue weighted by atomic mass is 9.91. The van der Waals surface area contributed by atoms with E-state index < -0.39 is 0 Å². The highest BCUT2D eigenvalue weighted by Gasteiger charge is 2.26. The Bertz CT molecular complexity index is 216. The second-order valence-corrected chi connectivity index (χ2v) is 5.72. The van der Waals surface area contributed by atoms with Gasteiger partial charge >= 0.3 is 0 Å². The van der Waals surface area contributed by atoms with Crippen molar-refractivity contribution in [1.29, 1.82) is 0 Å². The van der Waals surface area contributed by atoms with Crippen LogP contribution in [-0.2, 0) is 4.74 Å². The van der Waals surface area contributed by atoms with Gasteiger partial charge in [0.15, 0.2) is 0 Å². The number of rotatable bonds is 2. The maximum absolute atomic E-state index is 5.47. The van der Waals surface area contributed by atoms with E-state index in [9.17, 15) is 0 Å². The molecule has 2 aliphatic heterocycles. The molecule has 100 valence electrons. The molecular weight excluding hydrogens is 212 g/mol. The van der Waals surface area contributed by atoms with E-state index in [1.807, 2.05) is 0 Å². The SMILES string of the molecule is CC1CCN(C(C)C2CCOCC2)CCCN1. The van der Waals surface area contributed by atoms with Crippen LogP contribution in [0.5, 0.6) is 0 Å². The van der Waals surface area contributed by atoms with Gasteiger partial charge in [-0.2, -0.15) is 0 Å². The van der Waals surface area contributed by atoms with E-state index in [2.05, 4.69) is 24.1 Å². The molecule has 0 aromatic carbocycles. The Morgan fingerprint density at radius 1 is 1.18 bits per heavy atom. The molecule has 2 saturated heterocycles. The van der Waals surface area contributed by atoms with Crippen molar-refractivity contribution >= 4 is 0 Å². The average molecular weight is 240 g/mol. The standard InChI is InChI=1S/C14H28N2O/c1-12-4-9-16(8-3-7-15-12)13(2)14-5-10-17-11-6-14/h12-15H,3-11H2,1-2H3. The van der Waals surface area contributed by atoms with Crippen LogP contribution in [0.1, 0.15) is 39.5 Å². The smallest absolute Gasteiger partial charge is 0.0469 e. The van der Waals surface area contributed by atoms with Gasteiger partial charge in [-0.1, -0.05) is 0 Å². The Morgan fingerprint density at radius 2 is 1.94 bits per heavy atom. The molecule has 0 bridgehead atoms. The molecule has 0 aromatic heterocycles. The third-order valence-electron chi connectivity index (χ3n) is 4.49. The summed E-state index contributed by atoms with van der Waals surface area (Å²) in [5, 5.41) is 3.58. The van der Waals surface area contributed by atoms with Gasteiger partial charge in [0.2, 0.25) is 0 Å². The monoisotopic (exact) mass is 240 g/mol. The fourth-order valence-electron chi connectivity index (χ4n) is 3.11. The van der Waals surface area contributed by atoms with Crippen molar-refractivity contribution in [2.75, 3.05) is 32.8 Å². The first-order valence-electron chi connectivity index (χ1n) is 7.32. The first kappa shape index (κ1) is 13.3. The van der Waals surface area contributed by atoms with E-state index in [1.54, 1.807) is 0 Å². The summed E-state index contributed by atoms with van der Waals surface area (Å²) in [7, 11) is 0. The second-order valence-electron chi connectivity index (χ2n) is 5.72. The predicted molar refractivity (Wildman–Crippen MR) is 71.3 cm³/mol. The minimum absolute atomic E-state index is 0.680. The van der Waals surface area contributed by atoms with Gasteiger partial charge in [0.05, 0.1) is 0 Å². The molecule has 1 N–H and O–H groups in total. The predicted octanol–water partition coefficient (Wildman–Crippen LogP) is 1.88. The van der Waals surface area contributed by atoms with E-state index in [1.165, 1.54) is 45.3 Å². The van der Waals surface area contributed by atoms with Crippen molar-refractivity contribution < 1.29 is 4.74 Å². The van der Waals surface area contributed by atoms with E-state index in [4.69, 9.17) is 4.74 Å². The molecule has 0 aromatic rings. The molecule has 2 atom stereocenters. The number of ether oxygens (including phenoxy) is 1. The van der Waals surface area contributed by atoms with Crippen molar-refractivity contribution in [2.45, 2.75) is 51.6 Å². The summed E-state index contributed by atoms with van der Waals surface area (Å²) < 4.78 is 5.47. The molecule has 2 heterocycles. The van der Waals surface area contributed by atoms with Crippen molar-refractivity contribution in [2.24, 2.45) is 5.92 Å². The second kappa shape index (κ2) is 6.72. The number of hydrogen-bond acceptors (Lipinski definition) is 3. The van der Waals surface area contributed by atoms with Gasteiger partial charge in [0.25, 0.3) is 0 Å². The molecule has 2 aliphatic rings. The summed E-state index contributed by atoms with van der Waals surface area (Å²) in [4.78, 5) is 2.72. The van der Waals surface area contributed by atoms with Gasteiger partial charge in [-0.3, -0.25) is 0 Å². The number of nitrogens with zero attached hydrogens (tertiary/aromatic N) is 1. The quantitative estimate of drug-likeness (QED) is 0.797. The largest absolute Gasteiger partial charge is 0.381 e. The number of nitrogens with one attached hydrogen (secondary N) is 1. The molecule has 2 rings (SSSR count). The zero-order chi connectivity index (χ0) is 12.1. The first-order valence-corrected chi connectivity index (χ1v) is 7.32. The van der Waals surface area contributed by atoms with Crippen LogP contribution in [-0.4, -0.2) is 49.8 Å². The van der Waals surface area contributed by atoms with Gasteiger partial charge in [-0.25, -0.2) is 0 Å². The van der Waals surface area contributed by atoms with Crippen LogP contribution in [0.2, 0.25) is 0 Å². The zero-order valence-corrected chi connectivity index (χ0v) is 11.5. The fraction of sp³-hybridized carbons (Fsp3) is 1.00. The van der Waals surface area contributed by atoms with E-state index in [-0.39, 0.29) is 0 Å². The molecule has 0 saturated carbocycles. The van der Waals surface area contributed by atoms with Crippen molar-refractivity contribution in [3.8, 4) is 0 Å². The summed E-state index contributed by atoms with van der Waals surface area (Å²) in [6.45, 7) is 10.4. The highest BCUT2D eigenvalue weighted by molar-refractivity contribution is 4.80. The van der Waals surface area contributed by atoms with E-state index >= 15 is 0 Å². The Kier molecular flexibility index (Phi) is 5.26. The van der Waals surface area contributed by atoms with Crippen molar-refractivity contribution in [3.05, 3.63) is 0 Å². The maximum Gasteiger partial charge on any atom is 0.0469 e. The molecule has 0 amide bonds. The van der Waals surface area contributed by atoms with Crippen LogP contribution in [0.25, 0.3) is 0 Å². The van der Waals surface area contributed by atoms with Gasteiger partial charge in [-0.05, 0) is 65.1 Å². The maximum atomic E-state index is 5.47. The van der Waals surface area contributed by atoms with Crippen LogP contribution < -0.4 is 5.32 Å².